The van der Waals surface area contributed by atoms with Crippen molar-refractivity contribution in [3.63, 3.8) is 0 Å². The zero-order valence-corrected chi connectivity index (χ0v) is 13.1. The average molecular weight is 285 g/mol. The number of hydrogen-bond acceptors (Lipinski definition) is 7. The van der Waals surface area contributed by atoms with Gasteiger partial charge in [-0.25, -0.2) is 0 Å². The summed E-state index contributed by atoms with van der Waals surface area (Å²) in [5.74, 6) is 1.84. The Labute approximate surface area is 119 Å². The smallest absolute Gasteiger partial charge is 0.323 e. The van der Waals surface area contributed by atoms with Crippen LogP contribution in [-0.4, -0.2) is 46.2 Å². The Morgan fingerprint density at radius 2 is 1.95 bits per heavy atom. The molecule has 0 fully saturated rings. The largest absolute Gasteiger partial charge is 0.461 e. The lowest BCUT2D eigenvalue weighted by Crippen LogP contribution is -2.31. The maximum Gasteiger partial charge on any atom is 0.323 e. The third-order valence-electron chi connectivity index (χ3n) is 2.68. The van der Waals surface area contributed by atoms with Gasteiger partial charge in [0.15, 0.2) is 0 Å². The summed E-state index contributed by atoms with van der Waals surface area (Å²) in [7, 11) is 1.96. The van der Waals surface area contributed by atoms with Crippen LogP contribution in [0, 0.1) is 0 Å². The summed E-state index contributed by atoms with van der Waals surface area (Å²) < 4.78 is 5.47. The molecule has 1 atom stereocenters. The van der Waals surface area contributed by atoms with E-state index < -0.39 is 0 Å². The molecule has 0 amide bonds. The molecule has 1 unspecified atom stereocenters. The molecule has 1 aromatic rings. The molecule has 0 radical (unpaired) electrons. The minimum Gasteiger partial charge on any atom is -0.461 e. The Kier molecular flexibility index (Phi) is 6.14. The third kappa shape index (κ3) is 5.10. The van der Waals surface area contributed by atoms with E-state index >= 15 is 0 Å². The molecule has 1 aromatic heterocycles. The van der Waals surface area contributed by atoms with Gasteiger partial charge in [0.25, 0.3) is 0 Å². The molecule has 1 heterocycles. The Morgan fingerprint density at radius 3 is 2.53 bits per heavy atom. The highest BCUT2D eigenvalue weighted by Gasteiger charge is 2.15. The van der Waals surface area contributed by atoms with E-state index in [1.165, 1.54) is 0 Å². The lowest BCUT2D eigenvalue weighted by atomic mass is 10.2. The van der Waals surface area contributed by atoms with Crippen molar-refractivity contribution in [2.24, 2.45) is 0 Å². The van der Waals surface area contributed by atoms with Crippen LogP contribution in [0.25, 0.3) is 0 Å². The first-order chi connectivity index (χ1) is 8.93. The van der Waals surface area contributed by atoms with Gasteiger partial charge >= 0.3 is 6.01 Å². The molecular formula is C12H23N5OS. The van der Waals surface area contributed by atoms with Crippen molar-refractivity contribution in [3.05, 3.63) is 0 Å². The van der Waals surface area contributed by atoms with Crippen molar-refractivity contribution in [2.45, 2.75) is 39.3 Å². The maximum atomic E-state index is 5.70. The highest BCUT2D eigenvalue weighted by molar-refractivity contribution is 7.98. The molecule has 108 valence electrons. The topological polar surface area (TPSA) is 77.2 Å². The first kappa shape index (κ1) is 15.8. The van der Waals surface area contributed by atoms with Gasteiger partial charge in [-0.05, 0) is 39.2 Å². The number of anilines is 2. The molecule has 0 saturated carbocycles. The van der Waals surface area contributed by atoms with Gasteiger partial charge in [-0.3, -0.25) is 0 Å². The van der Waals surface area contributed by atoms with E-state index in [-0.39, 0.29) is 18.1 Å². The molecule has 0 aliphatic carbocycles. The number of hydrogen-bond donors (Lipinski definition) is 1. The van der Waals surface area contributed by atoms with Gasteiger partial charge in [-0.1, -0.05) is 0 Å². The number of nitrogen functional groups attached to an aromatic ring is 1. The molecule has 1 rings (SSSR count). The number of thioether (sulfide) groups is 1. The molecule has 2 N–H and O–H groups in total. The van der Waals surface area contributed by atoms with Crippen LogP contribution in [0.5, 0.6) is 6.01 Å². The molecule has 0 aliphatic heterocycles. The first-order valence-corrected chi connectivity index (χ1v) is 7.73. The summed E-state index contributed by atoms with van der Waals surface area (Å²) in [6, 6.07) is 0.613. The van der Waals surface area contributed by atoms with E-state index in [0.717, 1.165) is 12.2 Å². The van der Waals surface area contributed by atoms with Crippen LogP contribution in [0.2, 0.25) is 0 Å². The van der Waals surface area contributed by atoms with E-state index in [1.807, 2.05) is 37.6 Å². The van der Waals surface area contributed by atoms with Crippen LogP contribution in [-0.2, 0) is 0 Å². The van der Waals surface area contributed by atoms with E-state index in [9.17, 15) is 0 Å². The van der Waals surface area contributed by atoms with Crippen LogP contribution in [0.1, 0.15) is 27.2 Å². The third-order valence-corrected chi connectivity index (χ3v) is 3.32. The Balaban J connectivity index is 2.83. The molecular weight excluding hydrogens is 262 g/mol. The van der Waals surface area contributed by atoms with Gasteiger partial charge in [-0.2, -0.15) is 26.7 Å². The molecule has 6 nitrogen and oxygen atoms in total. The molecule has 0 aliphatic rings. The van der Waals surface area contributed by atoms with Gasteiger partial charge in [0.05, 0.1) is 6.10 Å². The Bertz CT molecular complexity index is 402. The van der Waals surface area contributed by atoms with Crippen molar-refractivity contribution in [1.82, 2.24) is 15.0 Å². The molecule has 19 heavy (non-hydrogen) atoms. The van der Waals surface area contributed by atoms with Crippen molar-refractivity contribution in [1.29, 1.82) is 0 Å². The fourth-order valence-electron chi connectivity index (χ4n) is 1.46. The van der Waals surface area contributed by atoms with Crippen LogP contribution in [0.4, 0.5) is 11.9 Å². The SMILES string of the molecule is CSCCC(C)N(C)c1nc(N)nc(OC(C)C)n1. The number of ether oxygens (including phenoxy) is 1. The quantitative estimate of drug-likeness (QED) is 0.818. The fourth-order valence-corrected chi connectivity index (χ4v) is 2.04. The van der Waals surface area contributed by atoms with Crippen LogP contribution < -0.4 is 15.4 Å². The Hall–Kier alpha value is -1.24. The summed E-state index contributed by atoms with van der Waals surface area (Å²) in [4.78, 5) is 14.4. The van der Waals surface area contributed by atoms with Crippen LogP contribution >= 0.6 is 11.8 Å². The fraction of sp³-hybridized carbons (Fsp3) is 0.750. The van der Waals surface area contributed by atoms with Crippen molar-refractivity contribution in [3.8, 4) is 6.01 Å². The molecule has 0 spiro atoms. The minimum absolute atomic E-state index is 0.00821. The number of nitrogens with two attached hydrogens (primary N) is 1. The highest BCUT2D eigenvalue weighted by Crippen LogP contribution is 2.17. The second kappa shape index (κ2) is 7.37. The summed E-state index contributed by atoms with van der Waals surface area (Å²) in [5.41, 5.74) is 5.70. The average Bonchev–Trinajstić information content (AvgIpc) is 2.33. The number of nitrogens with zero attached hydrogens (tertiary/aromatic N) is 4. The van der Waals surface area contributed by atoms with Gasteiger partial charge in [-0.15, -0.1) is 0 Å². The molecule has 7 heteroatoms. The molecule has 0 aromatic carbocycles. The van der Waals surface area contributed by atoms with Crippen molar-refractivity contribution < 1.29 is 4.74 Å². The van der Waals surface area contributed by atoms with E-state index in [1.54, 1.807) is 0 Å². The summed E-state index contributed by atoms with van der Waals surface area (Å²) in [6.45, 7) is 5.98. The summed E-state index contributed by atoms with van der Waals surface area (Å²) >= 11 is 1.83. The second-order valence-electron chi connectivity index (χ2n) is 4.68. The maximum absolute atomic E-state index is 5.70. The summed E-state index contributed by atoms with van der Waals surface area (Å²) in [5, 5.41) is 0. The van der Waals surface area contributed by atoms with Gasteiger partial charge in [0.1, 0.15) is 0 Å². The molecule has 0 bridgehead atoms. The predicted octanol–water partition coefficient (Wildman–Crippen LogP) is 1.82. The standard InChI is InChI=1S/C12H23N5OS/c1-8(2)18-12-15-10(13)14-11(16-12)17(4)9(3)6-7-19-5/h8-9H,6-7H2,1-5H3,(H2,13,14,15,16). The zero-order chi connectivity index (χ0) is 14.4. The van der Waals surface area contributed by atoms with Crippen molar-refractivity contribution in [2.75, 3.05) is 29.7 Å². The van der Waals surface area contributed by atoms with Crippen LogP contribution in [0.15, 0.2) is 0 Å². The highest BCUT2D eigenvalue weighted by atomic mass is 32.2. The second-order valence-corrected chi connectivity index (χ2v) is 5.67. The van der Waals surface area contributed by atoms with Crippen molar-refractivity contribution >= 4 is 23.7 Å². The number of aromatic nitrogens is 3. The lowest BCUT2D eigenvalue weighted by Gasteiger charge is -2.25. The first-order valence-electron chi connectivity index (χ1n) is 6.34. The van der Waals surface area contributed by atoms with E-state index in [4.69, 9.17) is 10.5 Å². The van der Waals surface area contributed by atoms with E-state index in [0.29, 0.717) is 12.0 Å². The van der Waals surface area contributed by atoms with E-state index in [2.05, 4.69) is 28.1 Å². The van der Waals surface area contributed by atoms with Crippen LogP contribution in [0.3, 0.4) is 0 Å². The normalized spacial score (nSPS) is 12.5. The predicted molar refractivity (Wildman–Crippen MR) is 80.9 cm³/mol. The Morgan fingerprint density at radius 1 is 1.26 bits per heavy atom. The molecule has 0 saturated heterocycles. The monoisotopic (exact) mass is 285 g/mol. The number of rotatable bonds is 7. The lowest BCUT2D eigenvalue weighted by molar-refractivity contribution is 0.222. The van der Waals surface area contributed by atoms with Gasteiger partial charge in [0, 0.05) is 13.1 Å². The minimum atomic E-state index is 0.00821. The summed E-state index contributed by atoms with van der Waals surface area (Å²) in [6.07, 6.45) is 3.17. The zero-order valence-electron chi connectivity index (χ0n) is 12.3. The van der Waals surface area contributed by atoms with Gasteiger partial charge < -0.3 is 15.4 Å². The van der Waals surface area contributed by atoms with Gasteiger partial charge in [0.2, 0.25) is 11.9 Å².